The third-order valence-corrected chi connectivity index (χ3v) is 5.47. The zero-order valence-electron chi connectivity index (χ0n) is 16.9. The van der Waals surface area contributed by atoms with Crippen LogP contribution in [0.3, 0.4) is 0 Å². The van der Waals surface area contributed by atoms with Crippen LogP contribution >= 0.6 is 0 Å². The number of rotatable bonds is 3. The summed E-state index contributed by atoms with van der Waals surface area (Å²) in [7, 11) is 0. The Labute approximate surface area is 179 Å². The van der Waals surface area contributed by atoms with Crippen LogP contribution in [0.5, 0.6) is 0 Å². The maximum absolute atomic E-state index is 13.8. The second-order valence-electron chi connectivity index (χ2n) is 7.64. The van der Waals surface area contributed by atoms with Crippen LogP contribution in [-0.2, 0) is 10.9 Å². The normalized spacial score (nSPS) is 17.2. The summed E-state index contributed by atoms with van der Waals surface area (Å²) in [6, 6.07) is 7.99. The fourth-order valence-corrected chi connectivity index (χ4v) is 3.95. The molecule has 1 saturated heterocycles. The van der Waals surface area contributed by atoms with Crippen LogP contribution in [0.2, 0.25) is 0 Å². The zero-order chi connectivity index (χ0) is 22.5. The van der Waals surface area contributed by atoms with Crippen molar-refractivity contribution in [2.75, 3.05) is 13.2 Å². The molecule has 0 spiro atoms. The summed E-state index contributed by atoms with van der Waals surface area (Å²) < 4.78 is 53.2. The van der Waals surface area contributed by atoms with Crippen LogP contribution in [0.25, 0.3) is 28.2 Å². The minimum Gasteiger partial charge on any atom is -0.420 e. The highest BCUT2D eigenvalue weighted by Gasteiger charge is 2.39. The predicted octanol–water partition coefficient (Wildman–Crippen LogP) is 3.96. The number of alkyl halides is 3. The number of fused-ring (bicyclic) bond motifs is 1. The van der Waals surface area contributed by atoms with Crippen molar-refractivity contribution < 1.29 is 22.3 Å². The van der Waals surface area contributed by atoms with Gasteiger partial charge in [-0.3, -0.25) is 4.79 Å². The molecule has 4 aromatic rings. The molecule has 0 aliphatic carbocycles. The van der Waals surface area contributed by atoms with Crippen molar-refractivity contribution in [3.63, 3.8) is 0 Å². The number of ether oxygens (including phenoxy) is 1. The molecule has 1 aliphatic heterocycles. The fraction of sp³-hybridized carbons (Fsp3) is 0.333. The summed E-state index contributed by atoms with van der Waals surface area (Å²) in [5.74, 6) is 0.177. The molecule has 11 heteroatoms. The number of halogens is 3. The lowest BCUT2D eigenvalue weighted by atomic mass is 10.0. The molecule has 1 fully saturated rings. The molecular formula is C21H18F3N5O3. The number of aromatic amines is 1. The van der Waals surface area contributed by atoms with Crippen molar-refractivity contribution in [2.45, 2.75) is 31.9 Å². The van der Waals surface area contributed by atoms with Gasteiger partial charge >= 0.3 is 6.18 Å². The maximum atomic E-state index is 13.8. The quantitative estimate of drug-likeness (QED) is 0.513. The first-order valence-corrected chi connectivity index (χ1v) is 10.0. The van der Waals surface area contributed by atoms with E-state index in [2.05, 4.69) is 20.3 Å². The minimum absolute atomic E-state index is 0.0242. The molecule has 4 heterocycles. The first-order valence-electron chi connectivity index (χ1n) is 10.0. The molecule has 0 bridgehead atoms. The molecule has 1 N–H and O–H groups in total. The number of aromatic nitrogens is 5. The first-order chi connectivity index (χ1) is 15.3. The maximum Gasteiger partial charge on any atom is 0.435 e. The number of aryl methyl sites for hydroxylation is 1. The Morgan fingerprint density at radius 1 is 1.16 bits per heavy atom. The first kappa shape index (κ1) is 20.4. The number of H-pyrrole nitrogens is 1. The van der Waals surface area contributed by atoms with Gasteiger partial charge in [0.05, 0.1) is 18.1 Å². The predicted molar refractivity (Wildman–Crippen MR) is 107 cm³/mol. The Bertz CT molecular complexity index is 1330. The van der Waals surface area contributed by atoms with Gasteiger partial charge < -0.3 is 14.1 Å². The zero-order valence-corrected chi connectivity index (χ0v) is 16.9. The van der Waals surface area contributed by atoms with E-state index >= 15 is 0 Å². The minimum atomic E-state index is -4.76. The van der Waals surface area contributed by atoms with Crippen molar-refractivity contribution in [3.8, 4) is 22.6 Å². The number of nitrogens with zero attached hydrogens (tertiary/aromatic N) is 4. The van der Waals surface area contributed by atoms with Gasteiger partial charge in [0, 0.05) is 12.3 Å². The van der Waals surface area contributed by atoms with Gasteiger partial charge in [-0.25, -0.2) is 0 Å². The molecular weight excluding hydrogens is 427 g/mol. The molecule has 166 valence electrons. The van der Waals surface area contributed by atoms with E-state index in [1.807, 2.05) is 0 Å². The highest BCUT2D eigenvalue weighted by atomic mass is 19.4. The topological polar surface area (TPSA) is 98.3 Å². The largest absolute Gasteiger partial charge is 0.435 e. The highest BCUT2D eigenvalue weighted by Crippen LogP contribution is 2.38. The molecule has 0 saturated carbocycles. The number of hydrogen-bond acceptors (Lipinski definition) is 6. The lowest BCUT2D eigenvalue weighted by Crippen LogP contribution is -2.20. The third kappa shape index (κ3) is 3.38. The number of nitrogens with one attached hydrogen (secondary N) is 1. The molecule has 32 heavy (non-hydrogen) atoms. The summed E-state index contributed by atoms with van der Waals surface area (Å²) in [6.07, 6.45) is -3.10. The number of hydrogen-bond donors (Lipinski definition) is 1. The van der Waals surface area contributed by atoms with Gasteiger partial charge in [0.2, 0.25) is 5.89 Å². The summed E-state index contributed by atoms with van der Waals surface area (Å²) in [5, 5.41) is 11.6. The Morgan fingerprint density at radius 3 is 2.62 bits per heavy atom. The van der Waals surface area contributed by atoms with Gasteiger partial charge in [0.1, 0.15) is 11.2 Å². The molecule has 1 atom stereocenters. The van der Waals surface area contributed by atoms with Crippen molar-refractivity contribution >= 4 is 5.65 Å². The van der Waals surface area contributed by atoms with Crippen LogP contribution < -0.4 is 5.56 Å². The van der Waals surface area contributed by atoms with Crippen LogP contribution in [0.15, 0.2) is 39.5 Å². The molecule has 1 aliphatic rings. The van der Waals surface area contributed by atoms with Gasteiger partial charge in [0.15, 0.2) is 5.69 Å². The molecule has 3 aromatic heterocycles. The van der Waals surface area contributed by atoms with Crippen molar-refractivity contribution in [3.05, 3.63) is 58.0 Å². The smallest absolute Gasteiger partial charge is 0.420 e. The van der Waals surface area contributed by atoms with E-state index in [0.717, 1.165) is 12.8 Å². The molecule has 0 radical (unpaired) electrons. The van der Waals surface area contributed by atoms with E-state index < -0.39 is 17.4 Å². The highest BCUT2D eigenvalue weighted by molar-refractivity contribution is 5.81. The SMILES string of the molecule is Cc1[nH]c2c(-c3ccccc3)c(C(F)(F)F)nn2c(=O)c1-c1nnc([C@@H]2CCCOC2)o1. The van der Waals surface area contributed by atoms with Crippen LogP contribution in [-0.4, -0.2) is 38.0 Å². The van der Waals surface area contributed by atoms with Crippen molar-refractivity contribution in [2.24, 2.45) is 0 Å². The van der Waals surface area contributed by atoms with Gasteiger partial charge in [-0.1, -0.05) is 30.3 Å². The molecule has 1 aromatic carbocycles. The summed E-state index contributed by atoms with van der Waals surface area (Å²) in [4.78, 5) is 16.1. The van der Waals surface area contributed by atoms with Crippen molar-refractivity contribution in [1.29, 1.82) is 0 Å². The van der Waals surface area contributed by atoms with E-state index in [0.29, 0.717) is 29.3 Å². The second-order valence-corrected chi connectivity index (χ2v) is 7.64. The van der Waals surface area contributed by atoms with Gasteiger partial charge in [-0.2, -0.15) is 22.8 Å². The van der Waals surface area contributed by atoms with Crippen molar-refractivity contribution in [1.82, 2.24) is 24.8 Å². The van der Waals surface area contributed by atoms with Gasteiger partial charge in [-0.15, -0.1) is 10.2 Å². The van der Waals surface area contributed by atoms with E-state index in [-0.39, 0.29) is 34.1 Å². The summed E-state index contributed by atoms with van der Waals surface area (Å²) in [5.41, 5.74) is -1.63. The van der Waals surface area contributed by atoms with E-state index in [4.69, 9.17) is 9.15 Å². The van der Waals surface area contributed by atoms with E-state index in [1.54, 1.807) is 25.1 Å². The third-order valence-electron chi connectivity index (χ3n) is 5.47. The van der Waals surface area contributed by atoms with E-state index in [1.165, 1.54) is 12.1 Å². The fourth-order valence-electron chi connectivity index (χ4n) is 3.95. The van der Waals surface area contributed by atoms with Gasteiger partial charge in [0.25, 0.3) is 11.4 Å². The van der Waals surface area contributed by atoms with Crippen LogP contribution in [0.4, 0.5) is 13.2 Å². The molecule has 5 rings (SSSR count). The monoisotopic (exact) mass is 445 g/mol. The molecule has 0 amide bonds. The number of benzene rings is 1. The summed E-state index contributed by atoms with van der Waals surface area (Å²) >= 11 is 0. The Hall–Kier alpha value is -3.47. The average Bonchev–Trinajstić information content (AvgIpc) is 3.40. The Balaban J connectivity index is 1.69. The Morgan fingerprint density at radius 2 is 1.94 bits per heavy atom. The van der Waals surface area contributed by atoms with E-state index in [9.17, 15) is 18.0 Å². The molecule has 8 nitrogen and oxygen atoms in total. The standard InChI is InChI=1S/C21H18F3N5O3/c1-11-14(19-27-26-18(32-19)13-8-5-9-31-10-13)20(30)29-17(25-11)15(12-6-3-2-4-7-12)16(28-29)21(22,23)24/h2-4,6-7,13,25H,5,8-10H2,1H3/t13-/m1/s1. The Kier molecular flexibility index (Phi) is 4.85. The van der Waals surface area contributed by atoms with Gasteiger partial charge in [-0.05, 0) is 25.3 Å². The van der Waals surface area contributed by atoms with Crippen LogP contribution in [0, 0.1) is 6.92 Å². The average molecular weight is 445 g/mol. The molecule has 0 unspecified atom stereocenters. The lowest BCUT2D eigenvalue weighted by Gasteiger charge is -2.18. The second kappa shape index (κ2) is 7.59. The van der Waals surface area contributed by atoms with Crippen LogP contribution in [0.1, 0.15) is 36.0 Å². The summed E-state index contributed by atoms with van der Waals surface area (Å²) in [6.45, 7) is 2.67. The lowest BCUT2D eigenvalue weighted by molar-refractivity contribution is -0.140.